The molecule has 4 aliphatic rings. The molecule has 4 rings (SSSR count). The minimum absolute atomic E-state index is 0.123. The maximum absolute atomic E-state index is 6.19. The summed E-state index contributed by atoms with van der Waals surface area (Å²) in [6.45, 7) is 1.43. The monoisotopic (exact) mass is 240 g/mol. The first-order valence-electron chi connectivity index (χ1n) is 6.94. The fourth-order valence-electron chi connectivity index (χ4n) is 3.42. The standard InChI is InChI=1S/C13H20O4/c1-2-4-13(5-3-1)15-8-12(17-13)9-6-10-11(16-10)7-14-9/h9-12H,1-8H2/t9-,10-,11+,12+/m0/s1. The van der Waals surface area contributed by atoms with Crippen LogP contribution in [-0.4, -0.2) is 43.4 Å². The van der Waals surface area contributed by atoms with Gasteiger partial charge in [0.25, 0.3) is 0 Å². The molecule has 3 aliphatic heterocycles. The van der Waals surface area contributed by atoms with E-state index >= 15 is 0 Å². The third-order valence-corrected chi connectivity index (χ3v) is 4.53. The molecule has 4 fully saturated rings. The Morgan fingerprint density at radius 3 is 2.53 bits per heavy atom. The molecule has 0 unspecified atom stereocenters. The molecule has 17 heavy (non-hydrogen) atoms. The molecule has 0 aromatic rings. The number of fused-ring (bicyclic) bond motifs is 1. The van der Waals surface area contributed by atoms with Gasteiger partial charge in [-0.05, 0) is 12.8 Å². The van der Waals surface area contributed by atoms with Crippen molar-refractivity contribution in [3.63, 3.8) is 0 Å². The summed E-state index contributed by atoms with van der Waals surface area (Å²) >= 11 is 0. The summed E-state index contributed by atoms with van der Waals surface area (Å²) in [6, 6.07) is 0. The highest BCUT2D eigenvalue weighted by atomic mass is 16.8. The molecule has 0 N–H and O–H groups in total. The third kappa shape index (κ3) is 1.91. The minimum atomic E-state index is -0.270. The highest BCUT2D eigenvalue weighted by Crippen LogP contribution is 2.41. The molecule has 96 valence electrons. The highest BCUT2D eigenvalue weighted by molar-refractivity contribution is 4.95. The van der Waals surface area contributed by atoms with Crippen LogP contribution in [0.5, 0.6) is 0 Å². The minimum Gasteiger partial charge on any atom is -0.373 e. The third-order valence-electron chi connectivity index (χ3n) is 4.53. The summed E-state index contributed by atoms with van der Waals surface area (Å²) < 4.78 is 23.4. The normalized spacial score (nSPS) is 48.0. The first-order valence-corrected chi connectivity index (χ1v) is 6.94. The second kappa shape index (κ2) is 3.92. The molecule has 0 aromatic heterocycles. The van der Waals surface area contributed by atoms with Crippen LogP contribution in [-0.2, 0) is 18.9 Å². The predicted molar refractivity (Wildman–Crippen MR) is 59.7 cm³/mol. The maximum Gasteiger partial charge on any atom is 0.169 e. The molecule has 4 heteroatoms. The topological polar surface area (TPSA) is 40.2 Å². The molecular weight excluding hydrogens is 220 g/mol. The first kappa shape index (κ1) is 10.7. The smallest absolute Gasteiger partial charge is 0.169 e. The van der Waals surface area contributed by atoms with E-state index < -0.39 is 0 Å². The Morgan fingerprint density at radius 1 is 0.824 bits per heavy atom. The highest BCUT2D eigenvalue weighted by Gasteiger charge is 2.51. The Bertz CT molecular complexity index is 300. The van der Waals surface area contributed by atoms with Gasteiger partial charge in [0.15, 0.2) is 5.79 Å². The van der Waals surface area contributed by atoms with Gasteiger partial charge in [0, 0.05) is 19.3 Å². The molecule has 1 saturated carbocycles. The molecule has 4 nitrogen and oxygen atoms in total. The number of hydrogen-bond acceptors (Lipinski definition) is 4. The van der Waals surface area contributed by atoms with Crippen LogP contribution in [0.25, 0.3) is 0 Å². The van der Waals surface area contributed by atoms with Crippen molar-refractivity contribution in [1.82, 2.24) is 0 Å². The van der Waals surface area contributed by atoms with Crippen LogP contribution in [0.1, 0.15) is 38.5 Å². The largest absolute Gasteiger partial charge is 0.373 e. The molecule has 0 bridgehead atoms. The number of rotatable bonds is 1. The summed E-state index contributed by atoms with van der Waals surface area (Å²) in [6.07, 6.45) is 7.97. The van der Waals surface area contributed by atoms with Crippen molar-refractivity contribution in [2.75, 3.05) is 13.2 Å². The van der Waals surface area contributed by atoms with E-state index in [-0.39, 0.29) is 18.0 Å². The van der Waals surface area contributed by atoms with Crippen molar-refractivity contribution in [3.05, 3.63) is 0 Å². The quantitative estimate of drug-likeness (QED) is 0.653. The van der Waals surface area contributed by atoms with E-state index in [0.29, 0.717) is 18.8 Å². The summed E-state index contributed by atoms with van der Waals surface area (Å²) in [7, 11) is 0. The molecular formula is C13H20O4. The average Bonchev–Trinajstić information content (AvgIpc) is 3.05. The van der Waals surface area contributed by atoms with Gasteiger partial charge in [0.05, 0.1) is 25.4 Å². The Labute approximate surface area is 102 Å². The van der Waals surface area contributed by atoms with E-state index in [1.165, 1.54) is 19.3 Å². The van der Waals surface area contributed by atoms with Crippen LogP contribution in [0.2, 0.25) is 0 Å². The van der Waals surface area contributed by atoms with Crippen molar-refractivity contribution in [3.8, 4) is 0 Å². The van der Waals surface area contributed by atoms with E-state index in [9.17, 15) is 0 Å². The van der Waals surface area contributed by atoms with Crippen molar-refractivity contribution >= 4 is 0 Å². The van der Waals surface area contributed by atoms with Gasteiger partial charge >= 0.3 is 0 Å². The molecule has 3 saturated heterocycles. The average molecular weight is 240 g/mol. The predicted octanol–water partition coefficient (Wildman–Crippen LogP) is 1.62. The molecule has 3 heterocycles. The summed E-state index contributed by atoms with van der Waals surface area (Å²) in [5.74, 6) is -0.270. The molecule has 1 aliphatic carbocycles. The zero-order valence-electron chi connectivity index (χ0n) is 10.1. The lowest BCUT2D eigenvalue weighted by atomic mass is 9.94. The molecule has 1 spiro atoms. The number of epoxide rings is 1. The Kier molecular flexibility index (Phi) is 2.47. The fraction of sp³-hybridized carbons (Fsp3) is 1.00. The summed E-state index contributed by atoms with van der Waals surface area (Å²) in [4.78, 5) is 0. The van der Waals surface area contributed by atoms with Crippen molar-refractivity contribution in [2.45, 2.75) is 68.7 Å². The van der Waals surface area contributed by atoms with Crippen LogP contribution in [0, 0.1) is 0 Å². The second-order valence-electron chi connectivity index (χ2n) is 5.76. The number of ether oxygens (including phenoxy) is 4. The zero-order chi connectivity index (χ0) is 11.3. The van der Waals surface area contributed by atoms with Crippen LogP contribution in [0.15, 0.2) is 0 Å². The van der Waals surface area contributed by atoms with Gasteiger partial charge in [0.2, 0.25) is 0 Å². The maximum atomic E-state index is 6.19. The second-order valence-corrected chi connectivity index (χ2v) is 5.76. The van der Waals surface area contributed by atoms with Gasteiger partial charge in [0.1, 0.15) is 12.2 Å². The summed E-state index contributed by atoms with van der Waals surface area (Å²) in [5, 5.41) is 0. The Morgan fingerprint density at radius 2 is 1.71 bits per heavy atom. The molecule has 0 aromatic carbocycles. The van der Waals surface area contributed by atoms with Crippen molar-refractivity contribution < 1.29 is 18.9 Å². The van der Waals surface area contributed by atoms with E-state index in [1.807, 2.05) is 0 Å². The molecule has 4 atom stereocenters. The van der Waals surface area contributed by atoms with Crippen LogP contribution in [0.4, 0.5) is 0 Å². The lowest BCUT2D eigenvalue weighted by molar-refractivity contribution is -0.200. The van der Waals surface area contributed by atoms with Gasteiger partial charge in [-0.1, -0.05) is 6.42 Å². The van der Waals surface area contributed by atoms with E-state index in [2.05, 4.69) is 0 Å². The number of hydrogen-bond donors (Lipinski definition) is 0. The van der Waals surface area contributed by atoms with Gasteiger partial charge in [-0.25, -0.2) is 0 Å². The Hall–Kier alpha value is -0.160. The van der Waals surface area contributed by atoms with Gasteiger partial charge in [-0.15, -0.1) is 0 Å². The SMILES string of the molecule is C1CCC2(CC1)OC[C@H]([C@@H]1C[C@@H]3O[C@@H]3CO1)O2. The van der Waals surface area contributed by atoms with Crippen LogP contribution < -0.4 is 0 Å². The van der Waals surface area contributed by atoms with Crippen molar-refractivity contribution in [1.29, 1.82) is 0 Å². The van der Waals surface area contributed by atoms with E-state index in [4.69, 9.17) is 18.9 Å². The van der Waals surface area contributed by atoms with Crippen molar-refractivity contribution in [2.24, 2.45) is 0 Å². The van der Waals surface area contributed by atoms with Gasteiger partial charge in [-0.2, -0.15) is 0 Å². The lowest BCUT2D eigenvalue weighted by Gasteiger charge is -2.33. The lowest BCUT2D eigenvalue weighted by Crippen LogP contribution is -2.39. The summed E-state index contributed by atoms with van der Waals surface area (Å²) in [5.41, 5.74) is 0. The van der Waals surface area contributed by atoms with Gasteiger partial charge in [-0.3, -0.25) is 0 Å². The van der Waals surface area contributed by atoms with Crippen LogP contribution in [0.3, 0.4) is 0 Å². The van der Waals surface area contributed by atoms with E-state index in [0.717, 1.165) is 25.9 Å². The van der Waals surface area contributed by atoms with Gasteiger partial charge < -0.3 is 18.9 Å². The molecule has 0 radical (unpaired) electrons. The first-order chi connectivity index (χ1) is 8.35. The van der Waals surface area contributed by atoms with Crippen LogP contribution >= 0.6 is 0 Å². The molecule has 0 amide bonds. The Balaban J connectivity index is 1.39. The zero-order valence-corrected chi connectivity index (χ0v) is 10.1. The van der Waals surface area contributed by atoms with E-state index in [1.54, 1.807) is 0 Å². The fourth-order valence-corrected chi connectivity index (χ4v) is 3.42.